The van der Waals surface area contributed by atoms with Gasteiger partial charge in [0.05, 0.1) is 0 Å². The van der Waals surface area contributed by atoms with Crippen molar-refractivity contribution in [2.24, 2.45) is 0 Å². The molecule has 1 rings (SSSR count). The molecule has 0 spiro atoms. The molecular formula is C8H7BrOZn. The second kappa shape index (κ2) is 6.57. The van der Waals surface area contributed by atoms with Crippen molar-refractivity contribution in [1.82, 2.24) is 0 Å². The summed E-state index contributed by atoms with van der Waals surface area (Å²) in [5.74, 6) is -0.129. The summed E-state index contributed by atoms with van der Waals surface area (Å²) in [6.45, 7) is 3.27. The number of hydrogen-bond donors (Lipinski definition) is 0. The van der Waals surface area contributed by atoms with Crippen molar-refractivity contribution >= 4 is 19.4 Å². The average Bonchev–Trinajstić information content (AvgIpc) is 2.10. The van der Waals surface area contributed by atoms with Gasteiger partial charge in [0.1, 0.15) is 0 Å². The van der Waals surface area contributed by atoms with E-state index >= 15 is 0 Å². The molecule has 54 valence electrons. The molecule has 1 nitrogen and oxygen atoms in total. The van der Waals surface area contributed by atoms with E-state index in [-0.39, 0.29) is 5.76 Å². The van der Waals surface area contributed by atoms with Gasteiger partial charge in [-0.15, -0.1) is 12.3 Å². The van der Waals surface area contributed by atoms with E-state index in [1.54, 1.807) is 12.1 Å². The summed E-state index contributed by atoms with van der Waals surface area (Å²) in [6, 6.07) is 8.99. The van der Waals surface area contributed by atoms with Gasteiger partial charge in [-0.2, -0.15) is 0 Å². The Balaban J connectivity index is 0.000000461. The average molecular weight is 264 g/mol. The molecule has 0 aliphatic carbocycles. The summed E-state index contributed by atoms with van der Waals surface area (Å²) in [7, 11) is 0. The Bertz CT molecular complexity index is 211. The number of hydrogen-bond acceptors (Lipinski definition) is 1. The van der Waals surface area contributed by atoms with E-state index in [9.17, 15) is 5.11 Å². The fraction of sp³-hybridized carbons (Fsp3) is 0. The van der Waals surface area contributed by atoms with Gasteiger partial charge in [-0.1, -0.05) is 30.3 Å². The zero-order chi connectivity index (χ0) is 8.69. The molecule has 0 fully saturated rings. The Kier molecular flexibility index (Phi) is 6.48. The monoisotopic (exact) mass is 262 g/mol. The molecule has 0 heterocycles. The van der Waals surface area contributed by atoms with E-state index in [0.717, 1.165) is 0 Å². The van der Waals surface area contributed by atoms with E-state index in [1.165, 1.54) is 16.3 Å². The second-order valence-electron chi connectivity index (χ2n) is 1.79. The van der Waals surface area contributed by atoms with Gasteiger partial charge in [-0.05, 0) is 5.56 Å². The SMILES string of the molecule is C=C([O-])c1ccccc1.[Zn+][Br]. The number of halogens is 1. The topological polar surface area (TPSA) is 23.1 Å². The molecule has 0 bridgehead atoms. The Morgan fingerprint density at radius 2 is 1.73 bits per heavy atom. The summed E-state index contributed by atoms with van der Waals surface area (Å²) in [5, 5.41) is 10.5. The minimum atomic E-state index is -0.129. The second-order valence-corrected chi connectivity index (χ2v) is 1.79. The van der Waals surface area contributed by atoms with E-state index in [2.05, 4.69) is 20.2 Å². The van der Waals surface area contributed by atoms with Gasteiger partial charge < -0.3 is 5.11 Å². The van der Waals surface area contributed by atoms with E-state index < -0.39 is 0 Å². The maximum atomic E-state index is 10.5. The molecule has 0 atom stereocenters. The van der Waals surface area contributed by atoms with Crippen LogP contribution in [-0.4, -0.2) is 0 Å². The zero-order valence-corrected chi connectivity index (χ0v) is 10.6. The van der Waals surface area contributed by atoms with Gasteiger partial charge in [-0.3, -0.25) is 0 Å². The van der Waals surface area contributed by atoms with Crippen LogP contribution in [0, 0.1) is 0 Å². The first-order valence-electron chi connectivity index (χ1n) is 2.99. The van der Waals surface area contributed by atoms with Crippen molar-refractivity contribution in [2.45, 2.75) is 0 Å². The Morgan fingerprint density at radius 1 is 1.27 bits per heavy atom. The summed E-state index contributed by atoms with van der Waals surface area (Å²) in [5.41, 5.74) is 0.664. The molecule has 0 saturated heterocycles. The van der Waals surface area contributed by atoms with Crippen LogP contribution >= 0.6 is 13.6 Å². The Labute approximate surface area is 83.2 Å². The first-order chi connectivity index (χ1) is 5.30. The summed E-state index contributed by atoms with van der Waals surface area (Å²) in [6.07, 6.45) is 0. The normalized spacial score (nSPS) is 7.91. The van der Waals surface area contributed by atoms with Crippen LogP contribution in [0.5, 0.6) is 0 Å². The first kappa shape index (κ1) is 10.9. The fourth-order valence-corrected chi connectivity index (χ4v) is 0.624. The van der Waals surface area contributed by atoms with Crippen LogP contribution in [0.3, 0.4) is 0 Å². The number of benzene rings is 1. The molecule has 1 aromatic rings. The van der Waals surface area contributed by atoms with Gasteiger partial charge in [0.25, 0.3) is 0 Å². The standard InChI is InChI=1S/C8H8O.BrH.Zn/c1-7(9)8-5-3-2-4-6-8;;/h2-6,9H,1H2;1H;/q;;+2/p-2. The predicted molar refractivity (Wildman–Crippen MR) is 44.4 cm³/mol. The van der Waals surface area contributed by atoms with Gasteiger partial charge in [-0.25, -0.2) is 0 Å². The Hall–Kier alpha value is -0.137. The summed E-state index contributed by atoms with van der Waals surface area (Å²) >= 11 is 4.25. The molecule has 0 radical (unpaired) electrons. The van der Waals surface area contributed by atoms with Crippen molar-refractivity contribution < 1.29 is 21.4 Å². The van der Waals surface area contributed by atoms with Crippen LogP contribution in [0.2, 0.25) is 0 Å². The molecule has 11 heavy (non-hydrogen) atoms. The van der Waals surface area contributed by atoms with Crippen LogP contribution in [-0.2, 0) is 16.3 Å². The van der Waals surface area contributed by atoms with Crippen molar-refractivity contribution in [2.75, 3.05) is 0 Å². The third-order valence-electron chi connectivity index (χ3n) is 1.10. The van der Waals surface area contributed by atoms with E-state index in [1.807, 2.05) is 18.2 Å². The van der Waals surface area contributed by atoms with Crippen molar-refractivity contribution in [1.29, 1.82) is 0 Å². The van der Waals surface area contributed by atoms with Crippen LogP contribution in [0.1, 0.15) is 5.56 Å². The van der Waals surface area contributed by atoms with Gasteiger partial charge in [0, 0.05) is 0 Å². The molecule has 1 aromatic carbocycles. The maximum absolute atomic E-state index is 10.5. The molecule has 0 amide bonds. The quantitative estimate of drug-likeness (QED) is 0.561. The van der Waals surface area contributed by atoms with Crippen molar-refractivity contribution in [3.8, 4) is 0 Å². The van der Waals surface area contributed by atoms with Crippen LogP contribution in [0.15, 0.2) is 36.9 Å². The van der Waals surface area contributed by atoms with Gasteiger partial charge in [0.15, 0.2) is 0 Å². The molecule has 0 N–H and O–H groups in total. The minimum absolute atomic E-state index is 0.129. The molecule has 0 aromatic heterocycles. The van der Waals surface area contributed by atoms with Crippen LogP contribution in [0.4, 0.5) is 0 Å². The fourth-order valence-electron chi connectivity index (χ4n) is 0.624. The van der Waals surface area contributed by atoms with E-state index in [4.69, 9.17) is 0 Å². The molecule has 0 unspecified atom stereocenters. The summed E-state index contributed by atoms with van der Waals surface area (Å²) in [4.78, 5) is 0. The van der Waals surface area contributed by atoms with Crippen molar-refractivity contribution in [3.63, 3.8) is 0 Å². The number of rotatable bonds is 1. The van der Waals surface area contributed by atoms with E-state index in [0.29, 0.717) is 5.56 Å². The van der Waals surface area contributed by atoms with Gasteiger partial charge in [0.2, 0.25) is 0 Å². The first-order valence-corrected chi connectivity index (χ1v) is 9.93. The third kappa shape index (κ3) is 4.33. The summed E-state index contributed by atoms with van der Waals surface area (Å²) < 4.78 is 0. The molecule has 0 saturated carbocycles. The molecule has 3 heteroatoms. The Morgan fingerprint density at radius 3 is 2.00 bits per heavy atom. The molecular weight excluding hydrogens is 257 g/mol. The van der Waals surface area contributed by atoms with Gasteiger partial charge >= 0.3 is 30.0 Å². The molecule has 0 aliphatic heterocycles. The van der Waals surface area contributed by atoms with Crippen LogP contribution < -0.4 is 5.11 Å². The predicted octanol–water partition coefficient (Wildman–Crippen LogP) is 1.86. The van der Waals surface area contributed by atoms with Crippen LogP contribution in [0.25, 0.3) is 5.76 Å². The van der Waals surface area contributed by atoms with Crippen molar-refractivity contribution in [3.05, 3.63) is 42.5 Å². The zero-order valence-electron chi connectivity index (χ0n) is 6.09. The third-order valence-corrected chi connectivity index (χ3v) is 1.10. The molecule has 0 aliphatic rings.